The fourth-order valence-electron chi connectivity index (χ4n) is 4.04. The molecule has 1 amide bonds. The van der Waals surface area contributed by atoms with Crippen molar-refractivity contribution < 1.29 is 23.8 Å². The Labute approximate surface area is 229 Å². The SMILES string of the molecule is CCn1c(SCC(=O)Nc2sc(C)c(-c3ccccc3)c2C(=O)OC)nnc1-c1ccc(OC)c(OC)c1. The van der Waals surface area contributed by atoms with E-state index in [9.17, 15) is 9.59 Å². The molecule has 0 fully saturated rings. The molecular formula is C27H28N4O5S2. The summed E-state index contributed by atoms with van der Waals surface area (Å²) in [6, 6.07) is 15.1. The average molecular weight is 553 g/mol. The number of ether oxygens (including phenoxy) is 3. The number of rotatable bonds is 10. The maximum absolute atomic E-state index is 13.0. The molecule has 2 aromatic heterocycles. The van der Waals surface area contributed by atoms with Crippen molar-refractivity contribution in [1.82, 2.24) is 14.8 Å². The van der Waals surface area contributed by atoms with Crippen molar-refractivity contribution in [3.8, 4) is 34.0 Å². The first-order valence-corrected chi connectivity index (χ1v) is 13.6. The van der Waals surface area contributed by atoms with Gasteiger partial charge in [0.15, 0.2) is 22.5 Å². The van der Waals surface area contributed by atoms with Crippen LogP contribution in [0.1, 0.15) is 22.2 Å². The van der Waals surface area contributed by atoms with E-state index in [-0.39, 0.29) is 11.7 Å². The molecule has 1 N–H and O–H groups in total. The number of nitrogens with zero attached hydrogens (tertiary/aromatic N) is 3. The monoisotopic (exact) mass is 552 g/mol. The Morgan fingerprint density at radius 1 is 1.00 bits per heavy atom. The molecule has 4 rings (SSSR count). The predicted molar refractivity (Wildman–Crippen MR) is 149 cm³/mol. The summed E-state index contributed by atoms with van der Waals surface area (Å²) in [5.74, 6) is 1.19. The van der Waals surface area contributed by atoms with Crippen LogP contribution in [0.5, 0.6) is 11.5 Å². The summed E-state index contributed by atoms with van der Waals surface area (Å²) in [7, 11) is 4.49. The minimum Gasteiger partial charge on any atom is -0.493 e. The van der Waals surface area contributed by atoms with Crippen molar-refractivity contribution in [1.29, 1.82) is 0 Å². The summed E-state index contributed by atoms with van der Waals surface area (Å²) >= 11 is 2.62. The van der Waals surface area contributed by atoms with Crippen molar-refractivity contribution in [2.45, 2.75) is 25.5 Å². The lowest BCUT2D eigenvalue weighted by molar-refractivity contribution is -0.113. The van der Waals surface area contributed by atoms with Crippen LogP contribution in [0.4, 0.5) is 5.00 Å². The number of amides is 1. The van der Waals surface area contributed by atoms with Crippen LogP contribution in [-0.4, -0.2) is 53.7 Å². The quantitative estimate of drug-likeness (QED) is 0.202. The van der Waals surface area contributed by atoms with E-state index in [1.165, 1.54) is 30.2 Å². The maximum Gasteiger partial charge on any atom is 0.341 e. The third-order valence-electron chi connectivity index (χ3n) is 5.80. The number of carbonyl (C=O) groups excluding carboxylic acids is 2. The summed E-state index contributed by atoms with van der Waals surface area (Å²) in [4.78, 5) is 26.6. The number of nitrogens with one attached hydrogen (secondary N) is 1. The standard InChI is InChI=1S/C27H28N4O5S2/c1-6-31-24(18-12-13-19(34-3)20(14-18)35-4)29-30-27(31)37-15-21(32)28-25-23(26(33)36-5)22(16(2)38-25)17-10-8-7-9-11-17/h7-14H,6,15H2,1-5H3,(H,28,32). The van der Waals surface area contributed by atoms with Crippen molar-refractivity contribution in [2.75, 3.05) is 32.4 Å². The normalized spacial score (nSPS) is 10.8. The number of anilines is 1. The first-order valence-electron chi connectivity index (χ1n) is 11.8. The Kier molecular flexibility index (Phi) is 8.70. The number of methoxy groups -OCH3 is 3. The van der Waals surface area contributed by atoms with Crippen molar-refractivity contribution >= 4 is 40.0 Å². The van der Waals surface area contributed by atoms with Crippen LogP contribution in [0.2, 0.25) is 0 Å². The second kappa shape index (κ2) is 12.1. The van der Waals surface area contributed by atoms with Crippen LogP contribution >= 0.6 is 23.1 Å². The molecule has 38 heavy (non-hydrogen) atoms. The van der Waals surface area contributed by atoms with E-state index in [0.717, 1.165) is 21.6 Å². The van der Waals surface area contributed by atoms with Gasteiger partial charge in [-0.25, -0.2) is 4.79 Å². The molecule has 0 unspecified atom stereocenters. The van der Waals surface area contributed by atoms with Crippen LogP contribution < -0.4 is 14.8 Å². The van der Waals surface area contributed by atoms with E-state index in [2.05, 4.69) is 15.5 Å². The van der Waals surface area contributed by atoms with E-state index >= 15 is 0 Å². The van der Waals surface area contributed by atoms with Gasteiger partial charge >= 0.3 is 5.97 Å². The number of hydrogen-bond donors (Lipinski definition) is 1. The number of thiophene rings is 1. The molecule has 4 aromatic rings. The molecule has 198 valence electrons. The zero-order chi connectivity index (χ0) is 27.2. The molecule has 0 radical (unpaired) electrons. The minimum atomic E-state index is -0.499. The highest BCUT2D eigenvalue weighted by molar-refractivity contribution is 7.99. The Balaban J connectivity index is 1.53. The van der Waals surface area contributed by atoms with E-state index in [1.807, 2.05) is 66.9 Å². The topological polar surface area (TPSA) is 105 Å². The minimum absolute atomic E-state index is 0.0856. The summed E-state index contributed by atoms with van der Waals surface area (Å²) in [5, 5.41) is 12.6. The van der Waals surface area contributed by atoms with Gasteiger partial charge in [0.2, 0.25) is 5.91 Å². The maximum atomic E-state index is 13.0. The van der Waals surface area contributed by atoms with Gasteiger partial charge in [-0.15, -0.1) is 21.5 Å². The lowest BCUT2D eigenvalue weighted by atomic mass is 10.0. The summed E-state index contributed by atoms with van der Waals surface area (Å²) in [6.45, 7) is 4.51. The summed E-state index contributed by atoms with van der Waals surface area (Å²) in [5.41, 5.74) is 2.82. The third-order valence-corrected chi connectivity index (χ3v) is 7.78. The van der Waals surface area contributed by atoms with Gasteiger partial charge in [-0.1, -0.05) is 42.1 Å². The first kappa shape index (κ1) is 27.2. The van der Waals surface area contributed by atoms with Gasteiger partial charge in [-0.05, 0) is 37.6 Å². The largest absolute Gasteiger partial charge is 0.493 e. The van der Waals surface area contributed by atoms with Crippen LogP contribution in [-0.2, 0) is 16.1 Å². The zero-order valence-electron chi connectivity index (χ0n) is 21.7. The first-order chi connectivity index (χ1) is 18.4. The number of carbonyl (C=O) groups is 2. The molecule has 0 atom stereocenters. The zero-order valence-corrected chi connectivity index (χ0v) is 23.4. The lowest BCUT2D eigenvalue weighted by Gasteiger charge is -2.11. The molecule has 2 heterocycles. The fraction of sp³-hybridized carbons (Fsp3) is 0.259. The lowest BCUT2D eigenvalue weighted by Crippen LogP contribution is -2.16. The molecule has 0 aliphatic heterocycles. The van der Waals surface area contributed by atoms with E-state index in [1.54, 1.807) is 14.2 Å². The Hall–Kier alpha value is -3.83. The average Bonchev–Trinajstić information content (AvgIpc) is 3.51. The van der Waals surface area contributed by atoms with Crippen LogP contribution in [0.15, 0.2) is 53.7 Å². The highest BCUT2D eigenvalue weighted by atomic mass is 32.2. The Morgan fingerprint density at radius 2 is 1.74 bits per heavy atom. The number of thioether (sulfide) groups is 1. The van der Waals surface area contributed by atoms with Gasteiger partial charge in [0.1, 0.15) is 10.6 Å². The molecule has 0 saturated heterocycles. The smallest absolute Gasteiger partial charge is 0.341 e. The molecule has 9 nitrogen and oxygen atoms in total. The molecule has 0 spiro atoms. The molecule has 2 aromatic carbocycles. The van der Waals surface area contributed by atoms with Crippen molar-refractivity contribution in [3.05, 3.63) is 59.0 Å². The summed E-state index contributed by atoms with van der Waals surface area (Å²) < 4.78 is 17.7. The number of hydrogen-bond acceptors (Lipinski definition) is 9. The second-order valence-corrected chi connectivity index (χ2v) is 10.2. The molecule has 0 saturated carbocycles. The second-order valence-electron chi connectivity index (χ2n) is 8.05. The number of esters is 1. The Bertz CT molecular complexity index is 1450. The molecule has 11 heteroatoms. The van der Waals surface area contributed by atoms with E-state index < -0.39 is 5.97 Å². The number of benzene rings is 2. The van der Waals surface area contributed by atoms with Gasteiger partial charge < -0.3 is 24.1 Å². The van der Waals surface area contributed by atoms with Crippen molar-refractivity contribution in [2.24, 2.45) is 0 Å². The highest BCUT2D eigenvalue weighted by Gasteiger charge is 2.25. The number of aromatic nitrogens is 3. The van der Waals surface area contributed by atoms with E-state index in [4.69, 9.17) is 14.2 Å². The van der Waals surface area contributed by atoms with Gasteiger partial charge in [-0.2, -0.15) is 0 Å². The van der Waals surface area contributed by atoms with Crippen LogP contribution in [0.25, 0.3) is 22.5 Å². The fourth-order valence-corrected chi connectivity index (χ4v) is 5.93. The Morgan fingerprint density at radius 3 is 2.39 bits per heavy atom. The molecule has 0 aliphatic carbocycles. The van der Waals surface area contributed by atoms with Gasteiger partial charge in [0, 0.05) is 22.5 Å². The van der Waals surface area contributed by atoms with E-state index in [0.29, 0.717) is 39.6 Å². The van der Waals surface area contributed by atoms with Crippen molar-refractivity contribution in [3.63, 3.8) is 0 Å². The predicted octanol–water partition coefficient (Wildman–Crippen LogP) is 5.54. The van der Waals surface area contributed by atoms with Gasteiger partial charge in [0.05, 0.1) is 27.1 Å². The molecule has 0 aliphatic rings. The van der Waals surface area contributed by atoms with Gasteiger partial charge in [-0.3, -0.25) is 4.79 Å². The summed E-state index contributed by atoms with van der Waals surface area (Å²) in [6.07, 6.45) is 0. The molecule has 0 bridgehead atoms. The third kappa shape index (κ3) is 5.53. The molecular weight excluding hydrogens is 524 g/mol. The highest BCUT2D eigenvalue weighted by Crippen LogP contribution is 2.40. The van der Waals surface area contributed by atoms with Crippen LogP contribution in [0.3, 0.4) is 0 Å². The van der Waals surface area contributed by atoms with Crippen LogP contribution in [0, 0.1) is 6.92 Å². The van der Waals surface area contributed by atoms with Gasteiger partial charge in [0.25, 0.3) is 0 Å². The number of aryl methyl sites for hydroxylation is 1.